The van der Waals surface area contributed by atoms with Gasteiger partial charge in [-0.15, -0.1) is 0 Å². The number of carbonyl (C=O) groups excluding carboxylic acids is 1. The summed E-state index contributed by atoms with van der Waals surface area (Å²) in [5.41, 5.74) is 1.29. The molecule has 0 saturated carbocycles. The van der Waals surface area contributed by atoms with E-state index in [9.17, 15) is 14.9 Å². The van der Waals surface area contributed by atoms with Crippen LogP contribution in [0.1, 0.15) is 15.9 Å². The molecule has 0 aromatic heterocycles. The van der Waals surface area contributed by atoms with E-state index in [0.717, 1.165) is 5.56 Å². The van der Waals surface area contributed by atoms with Gasteiger partial charge in [-0.3, -0.25) is 14.9 Å². The molecule has 0 atom stereocenters. The highest BCUT2D eigenvalue weighted by molar-refractivity contribution is 14.1. The zero-order chi connectivity index (χ0) is 15.9. The van der Waals surface area contributed by atoms with Gasteiger partial charge in [0.25, 0.3) is 11.6 Å². The van der Waals surface area contributed by atoms with Gasteiger partial charge in [0.15, 0.2) is 0 Å². The SMILES string of the molecule is O=C(NC/C=C/c1ccccc1)c1cccc([N+](=O)[O-])c1I. The minimum absolute atomic E-state index is 0.0620. The van der Waals surface area contributed by atoms with Crippen LogP contribution in [0.2, 0.25) is 0 Å². The average molecular weight is 408 g/mol. The zero-order valence-electron chi connectivity index (χ0n) is 11.5. The third-order valence-corrected chi connectivity index (χ3v) is 4.04. The van der Waals surface area contributed by atoms with Gasteiger partial charge >= 0.3 is 0 Å². The summed E-state index contributed by atoms with van der Waals surface area (Å²) >= 11 is 1.82. The number of hydrogen-bond acceptors (Lipinski definition) is 3. The Morgan fingerprint density at radius 2 is 1.91 bits per heavy atom. The van der Waals surface area contributed by atoms with Crippen LogP contribution in [0.15, 0.2) is 54.6 Å². The highest BCUT2D eigenvalue weighted by Crippen LogP contribution is 2.23. The lowest BCUT2D eigenvalue weighted by atomic mass is 10.2. The second-order valence-electron chi connectivity index (χ2n) is 4.42. The van der Waals surface area contributed by atoms with Crippen molar-refractivity contribution in [2.75, 3.05) is 6.54 Å². The Morgan fingerprint density at radius 3 is 2.59 bits per heavy atom. The van der Waals surface area contributed by atoms with Crippen molar-refractivity contribution in [2.24, 2.45) is 0 Å². The van der Waals surface area contributed by atoms with E-state index in [1.54, 1.807) is 6.07 Å². The molecule has 6 heteroatoms. The molecule has 0 aliphatic heterocycles. The second-order valence-corrected chi connectivity index (χ2v) is 5.50. The standard InChI is InChI=1S/C16H13IN2O3/c17-15-13(9-4-10-14(15)19(21)22)16(20)18-11-5-8-12-6-2-1-3-7-12/h1-10H,11H2,(H,18,20)/b8-5+. The largest absolute Gasteiger partial charge is 0.349 e. The van der Waals surface area contributed by atoms with Gasteiger partial charge < -0.3 is 5.32 Å². The molecule has 0 spiro atoms. The molecular formula is C16H13IN2O3. The molecule has 1 amide bonds. The molecule has 0 fully saturated rings. The van der Waals surface area contributed by atoms with Crippen molar-refractivity contribution >= 4 is 40.3 Å². The third kappa shape index (κ3) is 4.14. The number of nitro groups is 1. The van der Waals surface area contributed by atoms with Crippen molar-refractivity contribution in [1.82, 2.24) is 5.32 Å². The number of nitrogens with zero attached hydrogens (tertiary/aromatic N) is 1. The molecule has 0 bridgehead atoms. The van der Waals surface area contributed by atoms with E-state index in [1.807, 2.05) is 65.1 Å². The molecule has 5 nitrogen and oxygen atoms in total. The maximum absolute atomic E-state index is 12.1. The first kappa shape index (κ1) is 16.2. The van der Waals surface area contributed by atoms with Gasteiger partial charge in [0.05, 0.1) is 10.5 Å². The van der Waals surface area contributed by atoms with Crippen LogP contribution in [0.3, 0.4) is 0 Å². The summed E-state index contributed by atoms with van der Waals surface area (Å²) in [6.45, 7) is 0.354. The lowest BCUT2D eigenvalue weighted by molar-refractivity contribution is -0.385. The minimum Gasteiger partial charge on any atom is -0.349 e. The van der Waals surface area contributed by atoms with Crippen LogP contribution in [0.5, 0.6) is 0 Å². The molecule has 22 heavy (non-hydrogen) atoms. The Hall–Kier alpha value is -2.22. The van der Waals surface area contributed by atoms with Crippen LogP contribution in [0.25, 0.3) is 6.08 Å². The number of hydrogen-bond donors (Lipinski definition) is 1. The van der Waals surface area contributed by atoms with E-state index in [4.69, 9.17) is 0 Å². The first-order valence-electron chi connectivity index (χ1n) is 6.52. The summed E-state index contributed by atoms with van der Waals surface area (Å²) in [5.74, 6) is -0.328. The van der Waals surface area contributed by atoms with Gasteiger partial charge in [-0.05, 0) is 34.2 Å². The van der Waals surface area contributed by atoms with Gasteiger partial charge in [0.2, 0.25) is 0 Å². The molecule has 0 saturated heterocycles. The van der Waals surface area contributed by atoms with Crippen LogP contribution in [-0.4, -0.2) is 17.4 Å². The molecule has 2 aromatic rings. The first-order valence-corrected chi connectivity index (χ1v) is 7.60. The maximum Gasteiger partial charge on any atom is 0.283 e. The highest BCUT2D eigenvalue weighted by atomic mass is 127. The fourth-order valence-corrected chi connectivity index (χ4v) is 2.64. The zero-order valence-corrected chi connectivity index (χ0v) is 13.7. The lowest BCUT2D eigenvalue weighted by Gasteiger charge is -2.05. The van der Waals surface area contributed by atoms with Gasteiger partial charge in [-0.25, -0.2) is 0 Å². The van der Waals surface area contributed by atoms with E-state index in [0.29, 0.717) is 15.7 Å². The summed E-state index contributed by atoms with van der Waals surface area (Å²) < 4.78 is 0.342. The number of carbonyl (C=O) groups is 1. The van der Waals surface area contributed by atoms with Gasteiger partial charge in [0.1, 0.15) is 3.57 Å². The molecule has 0 aliphatic carbocycles. The van der Waals surface area contributed by atoms with Crippen molar-refractivity contribution in [3.63, 3.8) is 0 Å². The van der Waals surface area contributed by atoms with E-state index >= 15 is 0 Å². The number of rotatable bonds is 5. The van der Waals surface area contributed by atoms with Gasteiger partial charge in [-0.1, -0.05) is 48.6 Å². The summed E-state index contributed by atoms with van der Waals surface area (Å²) in [4.78, 5) is 22.5. The lowest BCUT2D eigenvalue weighted by Crippen LogP contribution is -2.24. The highest BCUT2D eigenvalue weighted by Gasteiger charge is 2.18. The van der Waals surface area contributed by atoms with Gasteiger partial charge in [-0.2, -0.15) is 0 Å². The Balaban J connectivity index is 2.00. The number of halogens is 1. The van der Waals surface area contributed by atoms with Crippen LogP contribution in [0, 0.1) is 13.7 Å². The second kappa shape index (κ2) is 7.69. The van der Waals surface area contributed by atoms with Crippen molar-refractivity contribution in [1.29, 1.82) is 0 Å². The van der Waals surface area contributed by atoms with Crippen LogP contribution in [0.4, 0.5) is 5.69 Å². The van der Waals surface area contributed by atoms with Crippen molar-refractivity contribution < 1.29 is 9.72 Å². The Kier molecular flexibility index (Phi) is 5.65. The smallest absolute Gasteiger partial charge is 0.283 e. The van der Waals surface area contributed by atoms with Crippen molar-refractivity contribution in [3.05, 3.63) is 79.4 Å². The summed E-state index contributed by atoms with van der Waals surface area (Å²) in [7, 11) is 0. The summed E-state index contributed by atoms with van der Waals surface area (Å²) in [5, 5.41) is 13.6. The number of amides is 1. The molecule has 1 N–H and O–H groups in total. The molecular weight excluding hydrogens is 395 g/mol. The molecule has 0 unspecified atom stereocenters. The summed E-state index contributed by atoms with van der Waals surface area (Å²) in [6.07, 6.45) is 3.73. The predicted molar refractivity (Wildman–Crippen MR) is 93.6 cm³/mol. The summed E-state index contributed by atoms with van der Waals surface area (Å²) in [6, 6.07) is 14.2. The molecule has 0 heterocycles. The van der Waals surface area contributed by atoms with Crippen LogP contribution < -0.4 is 5.32 Å². The molecule has 2 aromatic carbocycles. The minimum atomic E-state index is -0.492. The van der Waals surface area contributed by atoms with Crippen molar-refractivity contribution in [2.45, 2.75) is 0 Å². The van der Waals surface area contributed by atoms with Crippen LogP contribution >= 0.6 is 22.6 Å². The Morgan fingerprint density at radius 1 is 1.18 bits per heavy atom. The van der Waals surface area contributed by atoms with E-state index in [-0.39, 0.29) is 11.6 Å². The third-order valence-electron chi connectivity index (χ3n) is 2.91. The Labute approximate surface area is 141 Å². The number of benzene rings is 2. The fraction of sp³-hybridized carbons (Fsp3) is 0.0625. The topological polar surface area (TPSA) is 72.2 Å². The molecule has 0 radical (unpaired) electrons. The fourth-order valence-electron chi connectivity index (χ4n) is 1.84. The molecule has 2 rings (SSSR count). The van der Waals surface area contributed by atoms with E-state index in [2.05, 4.69) is 5.32 Å². The maximum atomic E-state index is 12.1. The van der Waals surface area contributed by atoms with Crippen molar-refractivity contribution in [3.8, 4) is 0 Å². The monoisotopic (exact) mass is 408 g/mol. The molecule has 112 valence electrons. The first-order chi connectivity index (χ1) is 10.6. The Bertz CT molecular complexity index is 715. The normalized spacial score (nSPS) is 10.6. The van der Waals surface area contributed by atoms with Crippen LogP contribution in [-0.2, 0) is 0 Å². The molecule has 0 aliphatic rings. The predicted octanol–water partition coefficient (Wildman–Crippen LogP) is 3.64. The number of nitro benzene ring substituents is 1. The van der Waals surface area contributed by atoms with E-state index in [1.165, 1.54) is 12.1 Å². The quantitative estimate of drug-likeness (QED) is 0.467. The average Bonchev–Trinajstić information content (AvgIpc) is 2.52. The van der Waals surface area contributed by atoms with Gasteiger partial charge in [0, 0.05) is 12.6 Å². The van der Waals surface area contributed by atoms with E-state index < -0.39 is 4.92 Å². The number of nitrogens with one attached hydrogen (secondary N) is 1.